The van der Waals surface area contributed by atoms with Crippen molar-refractivity contribution in [1.29, 1.82) is 0 Å². The number of benzene rings is 1. The van der Waals surface area contributed by atoms with Gasteiger partial charge in [0.1, 0.15) is 0 Å². The molecular weight excluding hydrogens is 284 g/mol. The number of fused-ring (bicyclic) bond motifs is 1. The van der Waals surface area contributed by atoms with Crippen LogP contribution in [0.15, 0.2) is 12.1 Å². The van der Waals surface area contributed by atoms with Crippen LogP contribution in [0.3, 0.4) is 0 Å². The second-order valence-electron chi connectivity index (χ2n) is 2.95. The van der Waals surface area contributed by atoms with E-state index < -0.39 is 0 Å². The van der Waals surface area contributed by atoms with Gasteiger partial charge in [0.05, 0.1) is 10.7 Å². The van der Waals surface area contributed by atoms with Gasteiger partial charge in [-0.15, -0.1) is 0 Å². The van der Waals surface area contributed by atoms with Gasteiger partial charge in [0.2, 0.25) is 0 Å². The molecule has 0 saturated carbocycles. The Balaban J connectivity index is 2.53. The SMILES string of the molecule is Clc1cc(I)cc2c1NCCC2. The van der Waals surface area contributed by atoms with E-state index in [2.05, 4.69) is 34.0 Å². The summed E-state index contributed by atoms with van der Waals surface area (Å²) in [6.07, 6.45) is 2.36. The van der Waals surface area contributed by atoms with Crippen molar-refractivity contribution in [3.8, 4) is 0 Å². The number of hydrogen-bond acceptors (Lipinski definition) is 1. The highest BCUT2D eigenvalue weighted by Gasteiger charge is 2.11. The molecule has 0 fully saturated rings. The molecular formula is C9H9ClIN. The van der Waals surface area contributed by atoms with Crippen molar-refractivity contribution in [2.45, 2.75) is 12.8 Å². The number of anilines is 1. The Morgan fingerprint density at radius 2 is 2.25 bits per heavy atom. The average molecular weight is 294 g/mol. The highest BCUT2D eigenvalue weighted by Crippen LogP contribution is 2.31. The van der Waals surface area contributed by atoms with Gasteiger partial charge in [-0.3, -0.25) is 0 Å². The topological polar surface area (TPSA) is 12.0 Å². The Morgan fingerprint density at radius 1 is 1.42 bits per heavy atom. The first-order valence-corrected chi connectivity index (χ1v) is 5.45. The Bertz CT molecular complexity index is 312. The molecule has 1 heterocycles. The monoisotopic (exact) mass is 293 g/mol. The zero-order chi connectivity index (χ0) is 8.55. The lowest BCUT2D eigenvalue weighted by atomic mass is 10.0. The summed E-state index contributed by atoms with van der Waals surface area (Å²) in [5, 5.41) is 4.18. The first-order valence-electron chi connectivity index (χ1n) is 3.99. The number of rotatable bonds is 0. The summed E-state index contributed by atoms with van der Waals surface area (Å²) in [6.45, 7) is 1.05. The molecule has 1 N–H and O–H groups in total. The maximum absolute atomic E-state index is 6.08. The highest BCUT2D eigenvalue weighted by molar-refractivity contribution is 14.1. The normalized spacial score (nSPS) is 15.2. The van der Waals surface area contributed by atoms with Crippen molar-refractivity contribution < 1.29 is 0 Å². The van der Waals surface area contributed by atoms with Gasteiger partial charge in [-0.1, -0.05) is 11.6 Å². The van der Waals surface area contributed by atoms with Crippen molar-refractivity contribution >= 4 is 39.9 Å². The number of hydrogen-bond donors (Lipinski definition) is 1. The Kier molecular flexibility index (Phi) is 2.46. The third-order valence-corrected chi connectivity index (χ3v) is 2.98. The van der Waals surface area contributed by atoms with E-state index in [9.17, 15) is 0 Å². The first-order chi connectivity index (χ1) is 5.77. The van der Waals surface area contributed by atoms with Crippen LogP contribution in [-0.2, 0) is 6.42 Å². The van der Waals surface area contributed by atoms with Gasteiger partial charge in [0, 0.05) is 10.1 Å². The van der Waals surface area contributed by atoms with Crippen LogP contribution in [-0.4, -0.2) is 6.54 Å². The minimum Gasteiger partial charge on any atom is -0.384 e. The van der Waals surface area contributed by atoms with Crippen molar-refractivity contribution in [2.75, 3.05) is 11.9 Å². The minimum atomic E-state index is 0.858. The molecule has 1 aromatic rings. The number of halogens is 2. The predicted molar refractivity (Wildman–Crippen MR) is 61.0 cm³/mol. The van der Waals surface area contributed by atoms with Crippen molar-refractivity contribution in [1.82, 2.24) is 0 Å². The fraction of sp³-hybridized carbons (Fsp3) is 0.333. The molecule has 1 aromatic carbocycles. The van der Waals surface area contributed by atoms with E-state index >= 15 is 0 Å². The van der Waals surface area contributed by atoms with Crippen LogP contribution >= 0.6 is 34.2 Å². The molecule has 0 saturated heterocycles. The van der Waals surface area contributed by atoms with Crippen molar-refractivity contribution in [3.63, 3.8) is 0 Å². The van der Waals surface area contributed by atoms with Crippen molar-refractivity contribution in [2.24, 2.45) is 0 Å². The van der Waals surface area contributed by atoms with Crippen LogP contribution in [0.5, 0.6) is 0 Å². The molecule has 1 aliphatic rings. The first kappa shape index (κ1) is 8.63. The Morgan fingerprint density at radius 3 is 3.08 bits per heavy atom. The predicted octanol–water partition coefficient (Wildman–Crippen LogP) is 3.30. The van der Waals surface area contributed by atoms with E-state index in [1.807, 2.05) is 6.07 Å². The lowest BCUT2D eigenvalue weighted by Crippen LogP contribution is -2.12. The zero-order valence-electron chi connectivity index (χ0n) is 6.53. The molecule has 0 atom stereocenters. The van der Waals surface area contributed by atoms with E-state index in [0.29, 0.717) is 0 Å². The van der Waals surface area contributed by atoms with Gasteiger partial charge in [-0.05, 0) is 53.1 Å². The largest absolute Gasteiger partial charge is 0.384 e. The molecule has 2 rings (SSSR count). The minimum absolute atomic E-state index is 0.858. The number of nitrogens with one attached hydrogen (secondary N) is 1. The zero-order valence-corrected chi connectivity index (χ0v) is 9.45. The summed E-state index contributed by atoms with van der Waals surface area (Å²) in [4.78, 5) is 0. The summed E-state index contributed by atoms with van der Waals surface area (Å²) in [7, 11) is 0. The number of aryl methyl sites for hydroxylation is 1. The Hall–Kier alpha value is 0.0400. The Labute approximate surface area is 90.6 Å². The van der Waals surface area contributed by atoms with Crippen LogP contribution in [0.2, 0.25) is 5.02 Å². The van der Waals surface area contributed by atoms with E-state index in [-0.39, 0.29) is 0 Å². The molecule has 1 aliphatic heterocycles. The molecule has 0 spiro atoms. The van der Waals surface area contributed by atoms with Gasteiger partial charge in [-0.2, -0.15) is 0 Å². The van der Waals surface area contributed by atoms with Crippen LogP contribution in [0.1, 0.15) is 12.0 Å². The third-order valence-electron chi connectivity index (χ3n) is 2.06. The lowest BCUT2D eigenvalue weighted by Gasteiger charge is -2.19. The van der Waals surface area contributed by atoms with Crippen LogP contribution in [0, 0.1) is 3.57 Å². The summed E-state index contributed by atoms with van der Waals surface area (Å²) in [6, 6.07) is 4.20. The molecule has 0 bridgehead atoms. The van der Waals surface area contributed by atoms with E-state index in [0.717, 1.165) is 23.7 Å². The third kappa shape index (κ3) is 1.55. The summed E-state index contributed by atoms with van der Waals surface area (Å²) < 4.78 is 1.22. The standard InChI is InChI=1S/C9H9ClIN/c10-8-5-7(11)4-6-2-1-3-12-9(6)8/h4-5,12H,1-3H2. The van der Waals surface area contributed by atoms with Crippen molar-refractivity contribution in [3.05, 3.63) is 26.3 Å². The van der Waals surface area contributed by atoms with Gasteiger partial charge >= 0.3 is 0 Å². The van der Waals surface area contributed by atoms with E-state index in [1.54, 1.807) is 0 Å². The smallest absolute Gasteiger partial charge is 0.0650 e. The van der Waals surface area contributed by atoms with Gasteiger partial charge in [0.25, 0.3) is 0 Å². The fourth-order valence-corrected chi connectivity index (χ4v) is 2.69. The quantitative estimate of drug-likeness (QED) is 0.724. The van der Waals surface area contributed by atoms with Gasteiger partial charge < -0.3 is 5.32 Å². The second-order valence-corrected chi connectivity index (χ2v) is 4.60. The maximum Gasteiger partial charge on any atom is 0.0650 e. The molecule has 64 valence electrons. The molecule has 0 aliphatic carbocycles. The molecule has 0 unspecified atom stereocenters. The van der Waals surface area contributed by atoms with E-state index in [1.165, 1.54) is 15.6 Å². The molecule has 0 radical (unpaired) electrons. The summed E-state index contributed by atoms with van der Waals surface area (Å²) in [5.41, 5.74) is 2.50. The molecule has 0 amide bonds. The van der Waals surface area contributed by atoms with Crippen LogP contribution < -0.4 is 5.32 Å². The second kappa shape index (κ2) is 3.42. The highest BCUT2D eigenvalue weighted by atomic mass is 127. The fourth-order valence-electron chi connectivity index (χ4n) is 1.51. The average Bonchev–Trinajstić information content (AvgIpc) is 2.04. The van der Waals surface area contributed by atoms with Crippen LogP contribution in [0.25, 0.3) is 0 Å². The van der Waals surface area contributed by atoms with Crippen LogP contribution in [0.4, 0.5) is 5.69 Å². The molecule has 0 aromatic heterocycles. The van der Waals surface area contributed by atoms with E-state index in [4.69, 9.17) is 11.6 Å². The summed E-state index contributed by atoms with van der Waals surface area (Å²) >= 11 is 8.38. The summed E-state index contributed by atoms with van der Waals surface area (Å²) in [5.74, 6) is 0. The molecule has 1 nitrogen and oxygen atoms in total. The van der Waals surface area contributed by atoms with Gasteiger partial charge in [0.15, 0.2) is 0 Å². The maximum atomic E-state index is 6.08. The molecule has 12 heavy (non-hydrogen) atoms. The molecule has 3 heteroatoms. The lowest BCUT2D eigenvalue weighted by molar-refractivity contribution is 0.829. The van der Waals surface area contributed by atoms with Gasteiger partial charge in [-0.25, -0.2) is 0 Å².